The number of nitrogens with zero attached hydrogens (tertiary/aromatic N) is 2. The number of pyridine rings is 1. The van der Waals surface area contributed by atoms with Crippen molar-refractivity contribution in [1.82, 2.24) is 9.88 Å². The molecule has 2 aromatic rings. The number of primary amides is 1. The summed E-state index contributed by atoms with van der Waals surface area (Å²) >= 11 is 0. The molecule has 3 N–H and O–H groups in total. The molecule has 1 aromatic carbocycles. The monoisotopic (exact) mass is 313 g/mol. The molecule has 1 saturated heterocycles. The van der Waals surface area contributed by atoms with Gasteiger partial charge in [0.2, 0.25) is 5.91 Å². The van der Waals surface area contributed by atoms with Crippen LogP contribution in [0.15, 0.2) is 30.5 Å². The number of rotatable bonds is 4. The van der Waals surface area contributed by atoms with Gasteiger partial charge in [-0.3, -0.25) is 14.7 Å². The lowest BCUT2D eigenvalue weighted by atomic mass is 9.89. The van der Waals surface area contributed by atoms with Crippen LogP contribution in [0.3, 0.4) is 0 Å². The number of likely N-dealkylation sites (tertiary alicyclic amines) is 1. The molecule has 1 aliphatic rings. The molecule has 0 saturated carbocycles. The van der Waals surface area contributed by atoms with Crippen LogP contribution in [-0.2, 0) is 11.3 Å². The fraction of sp³-hybridized carbons (Fsp3) is 0.444. The third-order valence-corrected chi connectivity index (χ3v) is 4.50. The molecule has 23 heavy (non-hydrogen) atoms. The molecular formula is C18H23N3O2. The zero-order valence-electron chi connectivity index (χ0n) is 13.5. The van der Waals surface area contributed by atoms with Crippen LogP contribution in [0.1, 0.15) is 30.4 Å². The van der Waals surface area contributed by atoms with Gasteiger partial charge in [0.15, 0.2) is 0 Å². The van der Waals surface area contributed by atoms with E-state index in [0.29, 0.717) is 13.0 Å². The van der Waals surface area contributed by atoms with Gasteiger partial charge in [-0.25, -0.2) is 0 Å². The van der Waals surface area contributed by atoms with Crippen molar-refractivity contribution in [3.63, 3.8) is 0 Å². The summed E-state index contributed by atoms with van der Waals surface area (Å²) in [5.41, 5.74) is 7.66. The first-order valence-corrected chi connectivity index (χ1v) is 8.02. The first-order valence-electron chi connectivity index (χ1n) is 8.02. The van der Waals surface area contributed by atoms with Crippen molar-refractivity contribution in [3.8, 4) is 0 Å². The molecule has 0 bridgehead atoms. The van der Waals surface area contributed by atoms with Gasteiger partial charge in [0.25, 0.3) is 0 Å². The quantitative estimate of drug-likeness (QED) is 0.901. The van der Waals surface area contributed by atoms with E-state index in [1.807, 2.05) is 12.3 Å². The van der Waals surface area contributed by atoms with Crippen LogP contribution >= 0.6 is 0 Å². The molecule has 1 amide bonds. The second-order valence-electron chi connectivity index (χ2n) is 6.67. The zero-order valence-corrected chi connectivity index (χ0v) is 13.5. The lowest BCUT2D eigenvalue weighted by molar-refractivity contribution is -0.125. The van der Waals surface area contributed by atoms with E-state index in [4.69, 9.17) is 5.73 Å². The predicted octanol–water partition coefficient (Wildman–Crippen LogP) is 1.75. The number of piperidine rings is 1. The van der Waals surface area contributed by atoms with E-state index in [-0.39, 0.29) is 6.42 Å². The molecular weight excluding hydrogens is 290 g/mol. The molecule has 5 heteroatoms. The van der Waals surface area contributed by atoms with Gasteiger partial charge in [-0.2, -0.15) is 0 Å². The molecule has 3 rings (SSSR count). The smallest absolute Gasteiger partial charge is 0.220 e. The largest absolute Gasteiger partial charge is 0.388 e. The Morgan fingerprint density at radius 2 is 2.30 bits per heavy atom. The summed E-state index contributed by atoms with van der Waals surface area (Å²) in [6, 6.07) is 8.31. The highest BCUT2D eigenvalue weighted by molar-refractivity contribution is 5.82. The Bertz CT molecular complexity index is 731. The SMILES string of the molecule is Cc1cc(CN2CCCC(O)(CC(N)=O)C2)cc2cccnc12. The maximum Gasteiger partial charge on any atom is 0.220 e. The number of fused-ring (bicyclic) bond motifs is 1. The van der Waals surface area contributed by atoms with Crippen LogP contribution in [-0.4, -0.2) is 39.6 Å². The normalized spacial score (nSPS) is 22.3. The molecule has 0 aliphatic carbocycles. The van der Waals surface area contributed by atoms with Crippen LogP contribution in [0.25, 0.3) is 10.9 Å². The fourth-order valence-electron chi connectivity index (χ4n) is 3.61. The van der Waals surface area contributed by atoms with E-state index in [1.54, 1.807) is 0 Å². The van der Waals surface area contributed by atoms with Crippen molar-refractivity contribution in [3.05, 3.63) is 41.6 Å². The minimum absolute atomic E-state index is 0.0319. The Labute approximate surface area is 136 Å². The number of aryl methyl sites for hydroxylation is 1. The molecule has 5 nitrogen and oxygen atoms in total. The molecule has 0 radical (unpaired) electrons. The zero-order chi connectivity index (χ0) is 16.4. The first kappa shape index (κ1) is 15.9. The first-order chi connectivity index (χ1) is 11.0. The van der Waals surface area contributed by atoms with Gasteiger partial charge in [0.05, 0.1) is 17.5 Å². The van der Waals surface area contributed by atoms with Gasteiger partial charge < -0.3 is 10.8 Å². The van der Waals surface area contributed by atoms with E-state index >= 15 is 0 Å². The molecule has 1 unspecified atom stereocenters. The van der Waals surface area contributed by atoms with Gasteiger partial charge in [0.1, 0.15) is 0 Å². The summed E-state index contributed by atoms with van der Waals surface area (Å²) in [6.07, 6.45) is 3.35. The summed E-state index contributed by atoms with van der Waals surface area (Å²) in [6.45, 7) is 4.23. The Hall–Kier alpha value is -1.98. The summed E-state index contributed by atoms with van der Waals surface area (Å²) < 4.78 is 0. The van der Waals surface area contributed by atoms with Crippen LogP contribution < -0.4 is 5.73 Å². The molecule has 1 aliphatic heterocycles. The van der Waals surface area contributed by atoms with Gasteiger partial charge in [0, 0.05) is 24.7 Å². The summed E-state index contributed by atoms with van der Waals surface area (Å²) in [5.74, 6) is -0.443. The molecule has 1 aromatic heterocycles. The summed E-state index contributed by atoms with van der Waals surface area (Å²) in [5, 5.41) is 11.7. The van der Waals surface area contributed by atoms with Gasteiger partial charge in [-0.15, -0.1) is 0 Å². The Balaban J connectivity index is 1.77. The van der Waals surface area contributed by atoms with Crippen LogP contribution in [0.4, 0.5) is 0 Å². The van der Waals surface area contributed by atoms with E-state index in [0.717, 1.165) is 36.0 Å². The second-order valence-corrected chi connectivity index (χ2v) is 6.67. The second kappa shape index (κ2) is 6.26. The van der Waals surface area contributed by atoms with Crippen LogP contribution in [0, 0.1) is 6.92 Å². The minimum atomic E-state index is -0.989. The Morgan fingerprint density at radius 3 is 3.09 bits per heavy atom. The summed E-state index contributed by atoms with van der Waals surface area (Å²) in [4.78, 5) is 17.8. The number of aromatic nitrogens is 1. The molecule has 1 atom stereocenters. The van der Waals surface area contributed by atoms with Gasteiger partial charge in [-0.1, -0.05) is 12.1 Å². The lowest BCUT2D eigenvalue weighted by Gasteiger charge is -2.38. The maximum absolute atomic E-state index is 11.2. The van der Waals surface area contributed by atoms with Crippen molar-refractivity contribution < 1.29 is 9.90 Å². The summed E-state index contributed by atoms with van der Waals surface area (Å²) in [7, 11) is 0. The van der Waals surface area contributed by atoms with Gasteiger partial charge >= 0.3 is 0 Å². The molecule has 2 heterocycles. The highest BCUT2D eigenvalue weighted by Gasteiger charge is 2.34. The van der Waals surface area contributed by atoms with Crippen molar-refractivity contribution in [2.45, 2.75) is 38.3 Å². The number of hydrogen-bond acceptors (Lipinski definition) is 4. The third-order valence-electron chi connectivity index (χ3n) is 4.50. The van der Waals surface area contributed by atoms with Crippen molar-refractivity contribution in [2.75, 3.05) is 13.1 Å². The average Bonchev–Trinajstić information content (AvgIpc) is 2.46. The third kappa shape index (κ3) is 3.68. The average molecular weight is 313 g/mol. The van der Waals surface area contributed by atoms with E-state index in [1.165, 1.54) is 5.56 Å². The Morgan fingerprint density at radius 1 is 1.48 bits per heavy atom. The number of β-amino-alcohol motifs (C(OH)–C–C–N with tert-alkyl or cyclic N) is 1. The highest BCUT2D eigenvalue weighted by atomic mass is 16.3. The Kier molecular flexibility index (Phi) is 4.33. The van der Waals surface area contributed by atoms with Crippen molar-refractivity contribution in [1.29, 1.82) is 0 Å². The number of benzene rings is 1. The van der Waals surface area contributed by atoms with Crippen LogP contribution in [0.2, 0.25) is 0 Å². The molecule has 122 valence electrons. The maximum atomic E-state index is 11.2. The number of carbonyl (C=O) groups is 1. The van der Waals surface area contributed by atoms with Crippen LogP contribution in [0.5, 0.6) is 0 Å². The van der Waals surface area contributed by atoms with Crippen molar-refractivity contribution >= 4 is 16.8 Å². The van der Waals surface area contributed by atoms with Gasteiger partial charge in [-0.05, 0) is 49.6 Å². The number of aliphatic hydroxyl groups is 1. The fourth-order valence-corrected chi connectivity index (χ4v) is 3.61. The topological polar surface area (TPSA) is 79.5 Å². The van der Waals surface area contributed by atoms with Crippen molar-refractivity contribution in [2.24, 2.45) is 5.73 Å². The number of amides is 1. The molecule has 0 spiro atoms. The minimum Gasteiger partial charge on any atom is -0.388 e. The van der Waals surface area contributed by atoms with E-state index < -0.39 is 11.5 Å². The lowest BCUT2D eigenvalue weighted by Crippen LogP contribution is -2.49. The highest BCUT2D eigenvalue weighted by Crippen LogP contribution is 2.26. The van der Waals surface area contributed by atoms with E-state index in [9.17, 15) is 9.90 Å². The predicted molar refractivity (Wildman–Crippen MR) is 89.8 cm³/mol. The molecule has 1 fully saturated rings. The van der Waals surface area contributed by atoms with E-state index in [2.05, 4.69) is 35.0 Å². The standard InChI is InChI=1S/C18H23N3O2/c1-13-8-14(9-15-4-2-6-20-17(13)15)11-21-7-3-5-18(23,12-21)10-16(19)22/h2,4,6,8-9,23H,3,5,7,10-12H2,1H3,(H2,19,22). The number of hydrogen-bond donors (Lipinski definition) is 2. The number of nitrogens with two attached hydrogens (primary N) is 1. The number of carbonyl (C=O) groups excluding carboxylic acids is 1.